The largest absolute Gasteiger partial charge is 0.478 e. The molecule has 0 aliphatic rings. The molecule has 174 valence electrons. The first-order valence-corrected chi connectivity index (χ1v) is 10.3. The normalized spacial score (nSPS) is 11.9. The number of alkyl halides is 3. The van der Waals surface area contributed by atoms with Crippen LogP contribution in [0.4, 0.5) is 18.9 Å². The van der Waals surface area contributed by atoms with Crippen molar-refractivity contribution < 1.29 is 17.9 Å². The Bertz CT molecular complexity index is 1440. The Morgan fingerprint density at radius 3 is 2.59 bits per heavy atom. The lowest BCUT2D eigenvalue weighted by Gasteiger charge is -2.15. The topological polar surface area (TPSA) is 95.4 Å². The van der Waals surface area contributed by atoms with Crippen molar-refractivity contribution in [1.29, 1.82) is 0 Å². The van der Waals surface area contributed by atoms with Gasteiger partial charge in [-0.25, -0.2) is 4.98 Å². The Morgan fingerprint density at radius 2 is 1.94 bits per heavy atom. The molecule has 2 N–H and O–H groups in total. The van der Waals surface area contributed by atoms with Crippen molar-refractivity contribution in [2.45, 2.75) is 13.1 Å². The molecule has 0 fully saturated rings. The second-order valence-corrected chi connectivity index (χ2v) is 7.32. The van der Waals surface area contributed by atoms with Gasteiger partial charge in [-0.15, -0.1) is 0 Å². The number of hydrogen-bond donors (Lipinski definition) is 1. The van der Waals surface area contributed by atoms with Crippen LogP contribution in [0.3, 0.4) is 0 Å². The highest BCUT2D eigenvalue weighted by molar-refractivity contribution is 5.90. The van der Waals surface area contributed by atoms with Gasteiger partial charge in [-0.05, 0) is 48.9 Å². The summed E-state index contributed by atoms with van der Waals surface area (Å²) in [5.74, 6) is 0.282. The average Bonchev–Trinajstić information content (AvgIpc) is 2.80. The number of aliphatic imine (C=N–C) groups is 1. The van der Waals surface area contributed by atoms with Crippen LogP contribution in [0.1, 0.15) is 18.2 Å². The number of benzene rings is 1. The molecular weight excluding hydrogens is 447 g/mol. The van der Waals surface area contributed by atoms with Crippen LogP contribution >= 0.6 is 0 Å². The zero-order chi connectivity index (χ0) is 24.5. The Balaban J connectivity index is 2.00. The zero-order valence-corrected chi connectivity index (χ0v) is 18.3. The number of fused-ring (bicyclic) bond motifs is 1. The number of nitrogens with zero attached hydrogens (tertiary/aromatic N) is 4. The first kappa shape index (κ1) is 23.0. The molecule has 1 aromatic carbocycles. The van der Waals surface area contributed by atoms with Crippen molar-refractivity contribution in [3.8, 4) is 22.7 Å². The highest BCUT2D eigenvalue weighted by atomic mass is 19.4. The highest BCUT2D eigenvalue weighted by Gasteiger charge is 2.32. The average molecular weight is 467 g/mol. The minimum absolute atomic E-state index is 0.136. The van der Waals surface area contributed by atoms with Crippen LogP contribution in [-0.2, 0) is 6.18 Å². The lowest BCUT2D eigenvalue weighted by atomic mass is 10.0. The molecule has 10 heteroatoms. The molecule has 4 aromatic rings. The fourth-order valence-corrected chi connectivity index (χ4v) is 3.52. The van der Waals surface area contributed by atoms with Gasteiger partial charge < -0.3 is 10.5 Å². The van der Waals surface area contributed by atoms with Gasteiger partial charge in [0.15, 0.2) is 5.65 Å². The molecule has 0 saturated heterocycles. The van der Waals surface area contributed by atoms with Crippen molar-refractivity contribution >= 4 is 22.9 Å². The number of aromatic nitrogens is 3. The van der Waals surface area contributed by atoms with E-state index in [0.717, 1.165) is 12.3 Å². The Labute approximate surface area is 192 Å². The van der Waals surface area contributed by atoms with Crippen LogP contribution in [0.25, 0.3) is 27.8 Å². The fraction of sp³-hybridized carbons (Fsp3) is 0.167. The number of anilines is 1. The molecule has 4 rings (SSSR count). The number of ether oxygens (including phenoxy) is 1. The molecule has 7 nitrogen and oxygen atoms in total. The maximum absolute atomic E-state index is 13.7. The van der Waals surface area contributed by atoms with Crippen LogP contribution in [0.5, 0.6) is 5.88 Å². The monoisotopic (exact) mass is 467 g/mol. The van der Waals surface area contributed by atoms with E-state index in [9.17, 15) is 18.0 Å². The third kappa shape index (κ3) is 4.34. The van der Waals surface area contributed by atoms with Gasteiger partial charge in [-0.2, -0.15) is 18.2 Å². The maximum atomic E-state index is 13.7. The maximum Gasteiger partial charge on any atom is 0.433 e. The van der Waals surface area contributed by atoms with Gasteiger partial charge in [0.1, 0.15) is 5.69 Å². The smallest absolute Gasteiger partial charge is 0.433 e. The van der Waals surface area contributed by atoms with Crippen LogP contribution in [-0.4, -0.2) is 34.4 Å². The van der Waals surface area contributed by atoms with Crippen LogP contribution in [0.15, 0.2) is 64.5 Å². The molecule has 3 heterocycles. The number of rotatable bonds is 5. The summed E-state index contributed by atoms with van der Waals surface area (Å²) in [5.41, 5.74) is 6.82. The first-order valence-electron chi connectivity index (χ1n) is 10.3. The van der Waals surface area contributed by atoms with Gasteiger partial charge >= 0.3 is 6.18 Å². The molecule has 0 atom stereocenters. The van der Waals surface area contributed by atoms with E-state index in [1.165, 1.54) is 10.6 Å². The van der Waals surface area contributed by atoms with Gasteiger partial charge in [-0.1, -0.05) is 6.07 Å². The van der Waals surface area contributed by atoms with E-state index >= 15 is 0 Å². The molecule has 0 unspecified atom stereocenters. The highest BCUT2D eigenvalue weighted by Crippen LogP contribution is 2.29. The quantitative estimate of drug-likeness (QED) is 0.345. The third-order valence-electron chi connectivity index (χ3n) is 5.08. The first-order chi connectivity index (χ1) is 16.2. The molecule has 3 aromatic heterocycles. The number of halogens is 3. The van der Waals surface area contributed by atoms with Crippen molar-refractivity contribution in [3.63, 3.8) is 0 Å². The lowest BCUT2D eigenvalue weighted by Crippen LogP contribution is -2.22. The summed E-state index contributed by atoms with van der Waals surface area (Å²) < 4.78 is 45.8. The van der Waals surface area contributed by atoms with E-state index in [-0.39, 0.29) is 17.2 Å². The lowest BCUT2D eigenvalue weighted by molar-refractivity contribution is -0.141. The molecule has 0 saturated carbocycles. The Kier molecular flexibility index (Phi) is 6.06. The summed E-state index contributed by atoms with van der Waals surface area (Å²) in [7, 11) is 1.61. The predicted octanol–water partition coefficient (Wildman–Crippen LogP) is 4.50. The summed E-state index contributed by atoms with van der Waals surface area (Å²) in [6, 6.07) is 12.2. The number of nitrogens with two attached hydrogens (primary N) is 1. The van der Waals surface area contributed by atoms with Gasteiger partial charge in [0.2, 0.25) is 5.88 Å². The van der Waals surface area contributed by atoms with Crippen molar-refractivity contribution in [2.75, 3.05) is 19.4 Å². The molecule has 0 aliphatic heterocycles. The Hall–Kier alpha value is -4.21. The third-order valence-corrected chi connectivity index (χ3v) is 5.08. The summed E-state index contributed by atoms with van der Waals surface area (Å²) >= 11 is 0. The van der Waals surface area contributed by atoms with E-state index in [4.69, 9.17) is 10.5 Å². The number of pyridine rings is 3. The molecule has 0 radical (unpaired) electrons. The molecule has 0 amide bonds. The van der Waals surface area contributed by atoms with Crippen LogP contribution < -0.4 is 16.0 Å². The second kappa shape index (κ2) is 8.97. The minimum atomic E-state index is -4.60. The van der Waals surface area contributed by atoms with Crippen LogP contribution in [0, 0.1) is 0 Å². The van der Waals surface area contributed by atoms with E-state index in [2.05, 4.69) is 15.0 Å². The molecular formula is C24H20F3N5O2. The summed E-state index contributed by atoms with van der Waals surface area (Å²) in [6.45, 7) is 2.15. The van der Waals surface area contributed by atoms with Crippen LogP contribution in [0.2, 0.25) is 0 Å². The van der Waals surface area contributed by atoms with E-state index < -0.39 is 17.4 Å². The second-order valence-electron chi connectivity index (χ2n) is 7.32. The number of nitrogen functional groups attached to an aromatic ring is 1. The predicted molar refractivity (Wildman–Crippen MR) is 125 cm³/mol. The zero-order valence-electron chi connectivity index (χ0n) is 18.3. The summed E-state index contributed by atoms with van der Waals surface area (Å²) in [5, 5.41) is 0.584. The fourth-order valence-electron chi connectivity index (χ4n) is 3.52. The minimum Gasteiger partial charge on any atom is -0.478 e. The molecule has 34 heavy (non-hydrogen) atoms. The standard InChI is InChI=1S/C24H20F3N5O2/c1-3-34-21-9-5-15-11-18(14-4-7-19(28)16(10-14)12-29-2)23(33)32(22(15)31-21)17-6-8-20(30-13-17)24(25,26)27/h4-13H,3,28H2,1-2H3. The molecule has 0 spiro atoms. The SMILES string of the molecule is CCOc1ccc2cc(-c3ccc(N)c(C=NC)c3)c(=O)n(-c3ccc(C(F)(F)F)nc3)c2n1. The summed E-state index contributed by atoms with van der Waals surface area (Å²) in [4.78, 5) is 25.6. The van der Waals surface area contributed by atoms with Crippen molar-refractivity contribution in [1.82, 2.24) is 14.5 Å². The number of hydrogen-bond acceptors (Lipinski definition) is 6. The molecule has 0 bridgehead atoms. The van der Waals surface area contributed by atoms with Gasteiger partial charge in [-0.3, -0.25) is 14.4 Å². The molecule has 0 aliphatic carbocycles. The van der Waals surface area contributed by atoms with E-state index in [0.29, 0.717) is 34.4 Å². The van der Waals surface area contributed by atoms with E-state index in [1.54, 1.807) is 56.6 Å². The van der Waals surface area contributed by atoms with Gasteiger partial charge in [0, 0.05) is 41.5 Å². The Morgan fingerprint density at radius 1 is 1.15 bits per heavy atom. The van der Waals surface area contributed by atoms with Crippen molar-refractivity contribution in [2.24, 2.45) is 4.99 Å². The van der Waals surface area contributed by atoms with Gasteiger partial charge in [0.05, 0.1) is 18.5 Å². The summed E-state index contributed by atoms with van der Waals surface area (Å²) in [6.07, 6.45) is -2.02. The van der Waals surface area contributed by atoms with Gasteiger partial charge in [0.25, 0.3) is 5.56 Å². The van der Waals surface area contributed by atoms with E-state index in [1.807, 2.05) is 0 Å². The van der Waals surface area contributed by atoms with Crippen molar-refractivity contribution in [3.05, 3.63) is 76.3 Å².